The van der Waals surface area contributed by atoms with Crippen LogP contribution in [0.5, 0.6) is 0 Å². The zero-order valence-corrected chi connectivity index (χ0v) is 14.1. The zero-order valence-electron chi connectivity index (χ0n) is 14.1. The highest BCUT2D eigenvalue weighted by molar-refractivity contribution is 5.78. The maximum absolute atomic E-state index is 13.4. The quantitative estimate of drug-likeness (QED) is 0.796. The van der Waals surface area contributed by atoms with E-state index in [-0.39, 0.29) is 24.3 Å². The Labute approximate surface area is 144 Å². The van der Waals surface area contributed by atoms with Crippen LogP contribution in [0.3, 0.4) is 0 Å². The Kier molecular flexibility index (Phi) is 3.99. The smallest absolute Gasteiger partial charge is 0.244 e. The summed E-state index contributed by atoms with van der Waals surface area (Å²) >= 11 is 0. The Morgan fingerprint density at radius 3 is 3.04 bits per heavy atom. The SMILES string of the molecule is Cc1ccnn1CC(=O)N1CCCCC1c1nc2ccc(F)cc2[nH]1. The number of hydrogen-bond donors (Lipinski definition) is 1. The van der Waals surface area contributed by atoms with Gasteiger partial charge in [0, 0.05) is 18.4 Å². The molecule has 1 unspecified atom stereocenters. The van der Waals surface area contributed by atoms with Crippen molar-refractivity contribution < 1.29 is 9.18 Å². The lowest BCUT2D eigenvalue weighted by molar-refractivity contribution is -0.136. The Bertz CT molecular complexity index is 915. The number of halogens is 1. The summed E-state index contributed by atoms with van der Waals surface area (Å²) in [6, 6.07) is 6.28. The summed E-state index contributed by atoms with van der Waals surface area (Å²) < 4.78 is 15.1. The highest BCUT2D eigenvalue weighted by atomic mass is 19.1. The van der Waals surface area contributed by atoms with E-state index in [1.807, 2.05) is 17.9 Å². The molecule has 2 aromatic heterocycles. The van der Waals surface area contributed by atoms with E-state index in [2.05, 4.69) is 15.1 Å². The molecule has 0 radical (unpaired) electrons. The standard InChI is InChI=1S/C18H20FN5O/c1-12-7-8-20-24(12)11-17(25)23-9-3-2-4-16(23)18-21-14-6-5-13(19)10-15(14)22-18/h5-8,10,16H,2-4,9,11H2,1H3,(H,21,22). The van der Waals surface area contributed by atoms with Gasteiger partial charge in [-0.2, -0.15) is 5.10 Å². The van der Waals surface area contributed by atoms with Crippen molar-refractivity contribution in [3.05, 3.63) is 47.8 Å². The summed E-state index contributed by atoms with van der Waals surface area (Å²) in [5.41, 5.74) is 2.34. The summed E-state index contributed by atoms with van der Waals surface area (Å²) in [5.74, 6) is 0.461. The van der Waals surface area contributed by atoms with Gasteiger partial charge < -0.3 is 9.88 Å². The Hall–Kier alpha value is -2.70. The fourth-order valence-corrected chi connectivity index (χ4v) is 3.46. The number of amides is 1. The van der Waals surface area contributed by atoms with Gasteiger partial charge in [-0.3, -0.25) is 9.48 Å². The van der Waals surface area contributed by atoms with Gasteiger partial charge in [-0.25, -0.2) is 9.37 Å². The molecule has 130 valence electrons. The predicted molar refractivity (Wildman–Crippen MR) is 91.3 cm³/mol. The lowest BCUT2D eigenvalue weighted by Crippen LogP contribution is -2.41. The number of H-pyrrole nitrogens is 1. The van der Waals surface area contributed by atoms with Crippen molar-refractivity contribution in [2.45, 2.75) is 38.8 Å². The topological polar surface area (TPSA) is 66.8 Å². The first-order chi connectivity index (χ1) is 12.1. The number of aromatic amines is 1. The molecule has 1 aliphatic heterocycles. The number of aromatic nitrogens is 4. The molecule has 1 fully saturated rings. The second-order valence-corrected chi connectivity index (χ2v) is 6.51. The van der Waals surface area contributed by atoms with Crippen molar-refractivity contribution >= 4 is 16.9 Å². The van der Waals surface area contributed by atoms with Crippen LogP contribution < -0.4 is 0 Å². The first-order valence-electron chi connectivity index (χ1n) is 8.55. The molecule has 4 rings (SSSR count). The summed E-state index contributed by atoms with van der Waals surface area (Å²) in [7, 11) is 0. The molecule has 1 aliphatic rings. The van der Waals surface area contributed by atoms with Crippen LogP contribution in [0.4, 0.5) is 4.39 Å². The second kappa shape index (κ2) is 6.31. The van der Waals surface area contributed by atoms with Gasteiger partial charge in [0.1, 0.15) is 18.2 Å². The van der Waals surface area contributed by atoms with Gasteiger partial charge in [0.05, 0.1) is 17.1 Å². The number of imidazole rings is 1. The van der Waals surface area contributed by atoms with E-state index in [1.165, 1.54) is 12.1 Å². The maximum atomic E-state index is 13.4. The van der Waals surface area contributed by atoms with Crippen molar-refractivity contribution in [1.29, 1.82) is 0 Å². The molecule has 1 amide bonds. The molecule has 0 saturated carbocycles. The number of nitrogens with zero attached hydrogens (tertiary/aromatic N) is 4. The second-order valence-electron chi connectivity index (χ2n) is 6.51. The summed E-state index contributed by atoms with van der Waals surface area (Å²) in [4.78, 5) is 22.5. The van der Waals surface area contributed by atoms with Crippen molar-refractivity contribution in [1.82, 2.24) is 24.6 Å². The van der Waals surface area contributed by atoms with Gasteiger partial charge >= 0.3 is 0 Å². The van der Waals surface area contributed by atoms with E-state index in [9.17, 15) is 9.18 Å². The monoisotopic (exact) mass is 341 g/mol. The van der Waals surface area contributed by atoms with Gasteiger partial charge in [-0.15, -0.1) is 0 Å². The van der Waals surface area contributed by atoms with Crippen LogP contribution in [-0.2, 0) is 11.3 Å². The third-order valence-corrected chi connectivity index (χ3v) is 4.81. The highest BCUT2D eigenvalue weighted by Crippen LogP contribution is 2.31. The molecule has 1 saturated heterocycles. The van der Waals surface area contributed by atoms with Gasteiger partial charge in [0.2, 0.25) is 5.91 Å². The molecule has 1 aromatic carbocycles. The number of rotatable bonds is 3. The minimum atomic E-state index is -0.298. The Balaban J connectivity index is 1.61. The minimum Gasteiger partial charge on any atom is -0.340 e. The van der Waals surface area contributed by atoms with Crippen molar-refractivity contribution in [2.75, 3.05) is 6.54 Å². The molecule has 0 bridgehead atoms. The average molecular weight is 341 g/mol. The molecule has 7 heteroatoms. The van der Waals surface area contributed by atoms with Crippen molar-refractivity contribution in [3.8, 4) is 0 Å². The number of hydrogen-bond acceptors (Lipinski definition) is 3. The molecule has 25 heavy (non-hydrogen) atoms. The number of aryl methyl sites for hydroxylation is 1. The fraction of sp³-hybridized carbons (Fsp3) is 0.389. The lowest BCUT2D eigenvalue weighted by Gasteiger charge is -2.34. The number of fused-ring (bicyclic) bond motifs is 1. The number of likely N-dealkylation sites (tertiary alicyclic amines) is 1. The summed E-state index contributed by atoms with van der Waals surface area (Å²) in [6.07, 6.45) is 4.58. The molecule has 3 aromatic rings. The number of carbonyl (C=O) groups excluding carboxylic acids is 1. The van der Waals surface area contributed by atoms with Crippen molar-refractivity contribution in [2.24, 2.45) is 0 Å². The van der Waals surface area contributed by atoms with Gasteiger partial charge in [0.25, 0.3) is 0 Å². The maximum Gasteiger partial charge on any atom is 0.244 e. The van der Waals surface area contributed by atoms with Crippen LogP contribution in [0.2, 0.25) is 0 Å². The van der Waals surface area contributed by atoms with Crippen LogP contribution in [0.25, 0.3) is 11.0 Å². The largest absolute Gasteiger partial charge is 0.340 e. The molecular weight excluding hydrogens is 321 g/mol. The number of benzene rings is 1. The van der Waals surface area contributed by atoms with Crippen LogP contribution in [-0.4, -0.2) is 37.1 Å². The fourth-order valence-electron chi connectivity index (χ4n) is 3.46. The van der Waals surface area contributed by atoms with Crippen LogP contribution in [0, 0.1) is 12.7 Å². The minimum absolute atomic E-state index is 0.0307. The summed E-state index contributed by atoms with van der Waals surface area (Å²) in [6.45, 7) is 2.86. The van der Waals surface area contributed by atoms with E-state index in [0.717, 1.165) is 36.3 Å². The van der Waals surface area contributed by atoms with E-state index in [4.69, 9.17) is 0 Å². The zero-order chi connectivity index (χ0) is 17.4. The molecule has 6 nitrogen and oxygen atoms in total. The van der Waals surface area contributed by atoms with E-state index in [0.29, 0.717) is 12.1 Å². The first-order valence-corrected chi connectivity index (χ1v) is 8.55. The van der Waals surface area contributed by atoms with Crippen molar-refractivity contribution in [3.63, 3.8) is 0 Å². The van der Waals surface area contributed by atoms with Gasteiger partial charge in [-0.05, 0) is 50.5 Å². The normalized spacial score (nSPS) is 18.0. The molecule has 0 aliphatic carbocycles. The van der Waals surface area contributed by atoms with Gasteiger partial charge in [0.15, 0.2) is 0 Å². The lowest BCUT2D eigenvalue weighted by atomic mass is 10.0. The third kappa shape index (κ3) is 3.01. The predicted octanol–water partition coefficient (Wildman–Crippen LogP) is 2.96. The molecule has 1 atom stereocenters. The van der Waals surface area contributed by atoms with E-state index >= 15 is 0 Å². The average Bonchev–Trinajstić information content (AvgIpc) is 3.20. The molecular formula is C18H20FN5O. The third-order valence-electron chi connectivity index (χ3n) is 4.81. The first kappa shape index (κ1) is 15.8. The van der Waals surface area contributed by atoms with Crippen LogP contribution in [0.15, 0.2) is 30.5 Å². The Morgan fingerprint density at radius 2 is 2.24 bits per heavy atom. The number of nitrogens with one attached hydrogen (secondary N) is 1. The van der Waals surface area contributed by atoms with E-state index in [1.54, 1.807) is 16.9 Å². The van der Waals surface area contributed by atoms with Gasteiger partial charge in [-0.1, -0.05) is 0 Å². The molecule has 1 N–H and O–H groups in total. The molecule has 3 heterocycles. The molecule has 0 spiro atoms. The van der Waals surface area contributed by atoms with Crippen LogP contribution >= 0.6 is 0 Å². The number of carbonyl (C=O) groups is 1. The highest BCUT2D eigenvalue weighted by Gasteiger charge is 2.30. The Morgan fingerprint density at radius 1 is 1.36 bits per heavy atom. The number of piperidine rings is 1. The van der Waals surface area contributed by atoms with Crippen LogP contribution in [0.1, 0.15) is 36.8 Å². The summed E-state index contributed by atoms with van der Waals surface area (Å²) in [5, 5.41) is 4.20. The van der Waals surface area contributed by atoms with E-state index < -0.39 is 0 Å².